The van der Waals surface area contributed by atoms with Crippen molar-refractivity contribution in [1.82, 2.24) is 15.1 Å². The molecular formula is C15H13F3N4O2. The number of aryl methyl sites for hydroxylation is 1. The number of nitrogens with zero attached hydrogens (tertiary/aromatic N) is 2. The number of alkyl halides is 3. The van der Waals surface area contributed by atoms with Crippen LogP contribution in [0, 0.1) is 6.92 Å². The molecule has 0 fully saturated rings. The van der Waals surface area contributed by atoms with Crippen molar-refractivity contribution in [2.45, 2.75) is 26.2 Å². The van der Waals surface area contributed by atoms with Gasteiger partial charge in [0.1, 0.15) is 6.54 Å². The molecule has 24 heavy (non-hydrogen) atoms. The lowest BCUT2D eigenvalue weighted by Gasteiger charge is -2.08. The van der Waals surface area contributed by atoms with Crippen molar-refractivity contribution in [3.63, 3.8) is 0 Å². The Hall–Kier alpha value is -2.84. The second-order valence-electron chi connectivity index (χ2n) is 5.43. The highest BCUT2D eigenvalue weighted by Crippen LogP contribution is 2.28. The molecule has 0 unspecified atom stereocenters. The fourth-order valence-electron chi connectivity index (χ4n) is 2.44. The monoisotopic (exact) mass is 338 g/mol. The van der Waals surface area contributed by atoms with Gasteiger partial charge < -0.3 is 10.6 Å². The van der Waals surface area contributed by atoms with E-state index in [4.69, 9.17) is 0 Å². The average Bonchev–Trinajstić information content (AvgIpc) is 3.03. The molecule has 2 heterocycles. The first-order valence-corrected chi connectivity index (χ1v) is 7.06. The first-order valence-electron chi connectivity index (χ1n) is 7.06. The van der Waals surface area contributed by atoms with Crippen molar-refractivity contribution in [3.05, 3.63) is 46.8 Å². The van der Waals surface area contributed by atoms with Crippen LogP contribution in [0.15, 0.2) is 24.3 Å². The summed E-state index contributed by atoms with van der Waals surface area (Å²) in [6, 6.07) is 5.76. The van der Waals surface area contributed by atoms with Crippen LogP contribution in [0.1, 0.15) is 27.3 Å². The molecule has 2 amide bonds. The van der Waals surface area contributed by atoms with Crippen LogP contribution in [0.4, 0.5) is 18.9 Å². The van der Waals surface area contributed by atoms with Crippen molar-refractivity contribution in [3.8, 4) is 0 Å². The molecule has 0 atom stereocenters. The van der Waals surface area contributed by atoms with Crippen molar-refractivity contribution < 1.29 is 22.8 Å². The number of rotatable bonds is 3. The second-order valence-corrected chi connectivity index (χ2v) is 5.43. The molecule has 0 spiro atoms. The number of hydrogen-bond donors (Lipinski definition) is 2. The Morgan fingerprint density at radius 1 is 1.38 bits per heavy atom. The summed E-state index contributed by atoms with van der Waals surface area (Å²) in [5, 5.41) is 8.61. The fourth-order valence-corrected chi connectivity index (χ4v) is 2.44. The number of carbonyl (C=O) groups is 2. The van der Waals surface area contributed by atoms with Gasteiger partial charge in [-0.1, -0.05) is 6.07 Å². The Bertz CT molecular complexity index is 827. The Labute approximate surface area is 134 Å². The number of amides is 2. The Balaban J connectivity index is 1.72. The van der Waals surface area contributed by atoms with Gasteiger partial charge >= 0.3 is 6.18 Å². The van der Waals surface area contributed by atoms with E-state index in [1.54, 1.807) is 12.1 Å². The third kappa shape index (κ3) is 3.10. The van der Waals surface area contributed by atoms with Crippen LogP contribution in [0.2, 0.25) is 0 Å². The minimum atomic E-state index is -4.56. The molecule has 1 aliphatic rings. The first kappa shape index (κ1) is 16.0. The van der Waals surface area contributed by atoms with Crippen LogP contribution in [0.25, 0.3) is 0 Å². The first-order chi connectivity index (χ1) is 11.2. The molecule has 0 saturated heterocycles. The van der Waals surface area contributed by atoms with Gasteiger partial charge in [-0.15, -0.1) is 0 Å². The van der Waals surface area contributed by atoms with E-state index >= 15 is 0 Å². The summed E-state index contributed by atoms with van der Waals surface area (Å²) in [6.07, 6.45) is -4.56. The summed E-state index contributed by atoms with van der Waals surface area (Å²) in [4.78, 5) is 23.6. The molecule has 0 bridgehead atoms. The minimum absolute atomic E-state index is 0.223. The lowest BCUT2D eigenvalue weighted by molar-refractivity contribution is -0.141. The molecule has 1 aromatic carbocycles. The van der Waals surface area contributed by atoms with E-state index < -0.39 is 17.8 Å². The highest BCUT2D eigenvalue weighted by atomic mass is 19.4. The molecule has 6 nitrogen and oxygen atoms in total. The summed E-state index contributed by atoms with van der Waals surface area (Å²) in [6.45, 7) is 1.52. The summed E-state index contributed by atoms with van der Waals surface area (Å²) in [7, 11) is 0. The predicted octanol–water partition coefficient (Wildman–Crippen LogP) is 2.09. The molecule has 0 saturated carbocycles. The summed E-state index contributed by atoms with van der Waals surface area (Å²) in [5.41, 5.74) is 0.891. The number of halogens is 3. The van der Waals surface area contributed by atoms with Crippen molar-refractivity contribution in [2.75, 3.05) is 5.32 Å². The maximum atomic E-state index is 12.6. The van der Waals surface area contributed by atoms with Gasteiger partial charge in [-0.3, -0.25) is 14.3 Å². The molecule has 0 aliphatic carbocycles. The summed E-state index contributed by atoms with van der Waals surface area (Å²) in [5.74, 6) is -0.757. The van der Waals surface area contributed by atoms with E-state index in [1.165, 1.54) is 13.0 Å². The van der Waals surface area contributed by atoms with Gasteiger partial charge in [0.2, 0.25) is 5.91 Å². The lowest BCUT2D eigenvalue weighted by Crippen LogP contribution is -2.21. The van der Waals surface area contributed by atoms with Crippen molar-refractivity contribution in [2.24, 2.45) is 0 Å². The van der Waals surface area contributed by atoms with Gasteiger partial charge in [-0.2, -0.15) is 18.3 Å². The van der Waals surface area contributed by atoms with Gasteiger partial charge in [0.25, 0.3) is 5.91 Å². The van der Waals surface area contributed by atoms with E-state index in [1.807, 2.05) is 0 Å². The SMILES string of the molecule is Cc1cc(C(F)(F)F)nn1CC(=O)Nc1ccc2c(c1)C(=O)NC2. The number of carbonyl (C=O) groups excluding carboxylic acids is 2. The zero-order valence-corrected chi connectivity index (χ0v) is 12.6. The van der Waals surface area contributed by atoms with Crippen LogP contribution in [-0.2, 0) is 24.1 Å². The largest absolute Gasteiger partial charge is 0.435 e. The van der Waals surface area contributed by atoms with Crippen LogP contribution in [0.5, 0.6) is 0 Å². The van der Waals surface area contributed by atoms with E-state index in [2.05, 4.69) is 15.7 Å². The number of fused-ring (bicyclic) bond motifs is 1. The van der Waals surface area contributed by atoms with Crippen molar-refractivity contribution in [1.29, 1.82) is 0 Å². The summed E-state index contributed by atoms with van der Waals surface area (Å²) < 4.78 is 38.8. The number of anilines is 1. The molecule has 1 aliphatic heterocycles. The van der Waals surface area contributed by atoms with Gasteiger partial charge in [0.05, 0.1) is 0 Å². The lowest BCUT2D eigenvalue weighted by atomic mass is 10.1. The van der Waals surface area contributed by atoms with E-state index in [9.17, 15) is 22.8 Å². The molecule has 3 rings (SSSR count). The third-order valence-corrected chi connectivity index (χ3v) is 3.64. The highest BCUT2D eigenvalue weighted by molar-refractivity contribution is 6.00. The maximum Gasteiger partial charge on any atom is 0.435 e. The normalized spacial score (nSPS) is 13.6. The highest BCUT2D eigenvalue weighted by Gasteiger charge is 2.34. The predicted molar refractivity (Wildman–Crippen MR) is 78.2 cm³/mol. The summed E-state index contributed by atoms with van der Waals surface area (Å²) >= 11 is 0. The fraction of sp³-hybridized carbons (Fsp3) is 0.267. The zero-order valence-electron chi connectivity index (χ0n) is 12.6. The quantitative estimate of drug-likeness (QED) is 0.900. The van der Waals surface area contributed by atoms with Gasteiger partial charge in [0.15, 0.2) is 5.69 Å². The standard InChI is InChI=1S/C15H13F3N4O2/c1-8-4-12(15(16,17)18)21-22(8)7-13(23)20-10-3-2-9-6-19-14(24)11(9)5-10/h2-5H,6-7H2,1H3,(H,19,24)(H,20,23). The molecule has 1 aromatic heterocycles. The molecule has 9 heteroatoms. The van der Waals surface area contributed by atoms with Gasteiger partial charge in [-0.25, -0.2) is 0 Å². The number of aromatic nitrogens is 2. The topological polar surface area (TPSA) is 76.0 Å². The average molecular weight is 338 g/mol. The van der Waals surface area contributed by atoms with Crippen LogP contribution in [-0.4, -0.2) is 21.6 Å². The minimum Gasteiger partial charge on any atom is -0.348 e. The smallest absolute Gasteiger partial charge is 0.348 e. The Kier molecular flexibility index (Phi) is 3.78. The number of benzene rings is 1. The molecule has 0 radical (unpaired) electrons. The molecule has 2 aromatic rings. The van der Waals surface area contributed by atoms with E-state index in [0.29, 0.717) is 17.8 Å². The second kappa shape index (κ2) is 5.66. The Morgan fingerprint density at radius 2 is 2.12 bits per heavy atom. The van der Waals surface area contributed by atoms with Crippen molar-refractivity contribution >= 4 is 17.5 Å². The van der Waals surface area contributed by atoms with Gasteiger partial charge in [0, 0.05) is 23.5 Å². The molecule has 126 valence electrons. The van der Waals surface area contributed by atoms with Crippen LogP contribution >= 0.6 is 0 Å². The molecule has 2 N–H and O–H groups in total. The maximum absolute atomic E-state index is 12.6. The van der Waals surface area contributed by atoms with Crippen LogP contribution in [0.3, 0.4) is 0 Å². The van der Waals surface area contributed by atoms with E-state index in [-0.39, 0.29) is 18.1 Å². The third-order valence-electron chi connectivity index (χ3n) is 3.64. The Morgan fingerprint density at radius 3 is 2.79 bits per heavy atom. The number of nitrogens with one attached hydrogen (secondary N) is 2. The van der Waals surface area contributed by atoms with Gasteiger partial charge in [-0.05, 0) is 30.7 Å². The van der Waals surface area contributed by atoms with Crippen LogP contribution < -0.4 is 10.6 Å². The number of hydrogen-bond acceptors (Lipinski definition) is 3. The molecular weight excluding hydrogens is 325 g/mol. The zero-order chi connectivity index (χ0) is 17.5. The van der Waals surface area contributed by atoms with E-state index in [0.717, 1.165) is 16.3 Å².